The third-order valence-electron chi connectivity index (χ3n) is 3.15. The molecule has 0 saturated heterocycles. The van der Waals surface area contributed by atoms with Crippen LogP contribution in [0.2, 0.25) is 0 Å². The molecule has 0 aliphatic carbocycles. The first-order valence-electron chi connectivity index (χ1n) is 7.10. The second-order valence-electron chi connectivity index (χ2n) is 5.55. The number of halogens is 3. The van der Waals surface area contributed by atoms with Gasteiger partial charge in [-0.1, -0.05) is 13.8 Å². The van der Waals surface area contributed by atoms with Crippen molar-refractivity contribution in [2.45, 2.75) is 39.8 Å². The maximum atomic E-state index is 13.0. The minimum atomic E-state index is -4.63. The Morgan fingerprint density at radius 3 is 2.70 bits per heavy atom. The number of nitrogens with zero attached hydrogens (tertiary/aromatic N) is 1. The topological polar surface area (TPSA) is 42.0 Å². The molecule has 0 aromatic carbocycles. The summed E-state index contributed by atoms with van der Waals surface area (Å²) in [5.74, 6) is -0.242. The predicted molar refractivity (Wildman–Crippen MR) is 87.3 cm³/mol. The molecule has 8 heteroatoms. The Morgan fingerprint density at radius 1 is 1.39 bits per heavy atom. The van der Waals surface area contributed by atoms with Crippen molar-refractivity contribution < 1.29 is 18.0 Å². The van der Waals surface area contributed by atoms with E-state index in [2.05, 4.69) is 24.1 Å². The average molecular weight is 362 g/mol. The van der Waals surface area contributed by atoms with Gasteiger partial charge in [-0.3, -0.25) is 4.79 Å². The smallest absolute Gasteiger partial charge is 0.320 e. The van der Waals surface area contributed by atoms with E-state index in [1.54, 1.807) is 6.07 Å². The Hall–Kier alpha value is -1.41. The highest BCUT2D eigenvalue weighted by Gasteiger charge is 2.39. The Bertz CT molecular complexity index is 689. The maximum absolute atomic E-state index is 13.0. The number of thiazole rings is 1. The van der Waals surface area contributed by atoms with Crippen LogP contribution < -0.4 is 5.32 Å². The highest BCUT2D eigenvalue weighted by atomic mass is 32.1. The lowest BCUT2D eigenvalue weighted by Crippen LogP contribution is -2.17. The van der Waals surface area contributed by atoms with Gasteiger partial charge in [-0.2, -0.15) is 13.2 Å². The van der Waals surface area contributed by atoms with Crippen LogP contribution in [0, 0.1) is 12.8 Å². The highest BCUT2D eigenvalue weighted by Crippen LogP contribution is 2.35. The zero-order chi connectivity index (χ0) is 17.2. The van der Waals surface area contributed by atoms with Gasteiger partial charge in [0.1, 0.15) is 4.88 Å². The summed E-state index contributed by atoms with van der Waals surface area (Å²) in [6, 6.07) is 1.72. The van der Waals surface area contributed by atoms with Crippen molar-refractivity contribution >= 4 is 34.3 Å². The minimum absolute atomic E-state index is 0.216. The molecular formula is C15H17F3N2OS2. The summed E-state index contributed by atoms with van der Waals surface area (Å²) in [6.45, 7) is 5.65. The van der Waals surface area contributed by atoms with Gasteiger partial charge in [-0.05, 0) is 37.1 Å². The lowest BCUT2D eigenvalue weighted by molar-refractivity contribution is -0.141. The summed E-state index contributed by atoms with van der Waals surface area (Å²) < 4.78 is 38.9. The van der Waals surface area contributed by atoms with E-state index in [0.717, 1.165) is 29.1 Å². The Labute approximate surface area is 140 Å². The molecule has 1 N–H and O–H groups in total. The second kappa shape index (κ2) is 7.00. The van der Waals surface area contributed by atoms with E-state index < -0.39 is 22.7 Å². The van der Waals surface area contributed by atoms with Gasteiger partial charge in [-0.25, -0.2) is 4.98 Å². The number of carbonyl (C=O) groups is 1. The molecular weight excluding hydrogens is 345 g/mol. The molecule has 0 bridgehead atoms. The summed E-state index contributed by atoms with van der Waals surface area (Å²) in [4.78, 5) is 16.3. The second-order valence-corrected chi connectivity index (χ2v) is 7.76. The summed E-state index contributed by atoms with van der Waals surface area (Å²) >= 11 is 2.25. The highest BCUT2D eigenvalue weighted by molar-refractivity contribution is 7.14. The van der Waals surface area contributed by atoms with Crippen LogP contribution in [-0.2, 0) is 12.6 Å². The predicted octanol–water partition coefficient (Wildman–Crippen LogP) is 5.37. The van der Waals surface area contributed by atoms with E-state index >= 15 is 0 Å². The summed E-state index contributed by atoms with van der Waals surface area (Å²) in [7, 11) is 0. The number of carbonyl (C=O) groups excluding carboxylic acids is 1. The molecule has 0 aliphatic rings. The number of nitrogens with one attached hydrogen (secondary N) is 1. The number of aromatic nitrogens is 1. The molecule has 0 radical (unpaired) electrons. The molecule has 0 spiro atoms. The van der Waals surface area contributed by atoms with Crippen LogP contribution in [0.3, 0.4) is 0 Å². The minimum Gasteiger partial charge on any atom is -0.320 e. The van der Waals surface area contributed by atoms with Gasteiger partial charge in [0.05, 0.1) is 10.7 Å². The third kappa shape index (κ3) is 4.54. The summed E-state index contributed by atoms with van der Waals surface area (Å²) in [6.07, 6.45) is -2.89. The van der Waals surface area contributed by atoms with Gasteiger partial charge in [0.2, 0.25) is 0 Å². The molecule has 2 rings (SSSR count). The largest absolute Gasteiger partial charge is 0.435 e. The number of rotatable bonds is 5. The van der Waals surface area contributed by atoms with Crippen molar-refractivity contribution in [1.82, 2.24) is 4.98 Å². The third-order valence-corrected chi connectivity index (χ3v) is 5.10. The van der Waals surface area contributed by atoms with Crippen LogP contribution in [-0.4, -0.2) is 10.9 Å². The summed E-state index contributed by atoms with van der Waals surface area (Å²) in [5.41, 5.74) is -0.531. The summed E-state index contributed by atoms with van der Waals surface area (Å²) in [5, 5.41) is 4.64. The van der Waals surface area contributed by atoms with Crippen LogP contribution in [0.4, 0.5) is 18.9 Å². The van der Waals surface area contributed by atoms with Crippen molar-refractivity contribution in [2.24, 2.45) is 5.92 Å². The standard InChI is InChI=1S/C15H17F3N2OS2/c1-8(2)4-5-11-10(6-7-22-11)20-14(21)12-13(15(16,17)18)19-9(3)23-12/h6-8H,4-5H2,1-3H3,(H,20,21). The van der Waals surface area contributed by atoms with Crippen molar-refractivity contribution in [3.8, 4) is 0 Å². The van der Waals surface area contributed by atoms with Gasteiger partial charge < -0.3 is 5.32 Å². The van der Waals surface area contributed by atoms with Crippen molar-refractivity contribution in [3.63, 3.8) is 0 Å². The van der Waals surface area contributed by atoms with E-state index in [9.17, 15) is 18.0 Å². The van der Waals surface area contributed by atoms with E-state index in [1.165, 1.54) is 18.3 Å². The molecule has 0 unspecified atom stereocenters. The van der Waals surface area contributed by atoms with E-state index in [1.807, 2.05) is 5.38 Å². The first kappa shape index (κ1) is 17.9. The van der Waals surface area contributed by atoms with Crippen molar-refractivity contribution in [3.05, 3.63) is 31.9 Å². The molecule has 0 fully saturated rings. The number of hydrogen-bond acceptors (Lipinski definition) is 4. The first-order valence-corrected chi connectivity index (χ1v) is 8.80. The zero-order valence-electron chi connectivity index (χ0n) is 13.0. The van der Waals surface area contributed by atoms with Gasteiger partial charge in [0.25, 0.3) is 5.91 Å². The Balaban J connectivity index is 2.19. The fourth-order valence-electron chi connectivity index (χ4n) is 2.02. The molecule has 2 aromatic rings. The average Bonchev–Trinajstić information content (AvgIpc) is 3.02. The van der Waals surface area contributed by atoms with Crippen LogP contribution in [0.5, 0.6) is 0 Å². The molecule has 2 heterocycles. The normalized spacial score (nSPS) is 12.0. The molecule has 0 saturated carbocycles. The molecule has 0 atom stereocenters. The molecule has 23 heavy (non-hydrogen) atoms. The molecule has 2 aromatic heterocycles. The number of alkyl halides is 3. The van der Waals surface area contributed by atoms with Crippen LogP contribution in [0.15, 0.2) is 11.4 Å². The number of amides is 1. The fraction of sp³-hybridized carbons (Fsp3) is 0.467. The van der Waals surface area contributed by atoms with Gasteiger partial charge in [0, 0.05) is 4.88 Å². The van der Waals surface area contributed by atoms with Crippen molar-refractivity contribution in [2.75, 3.05) is 5.32 Å². The van der Waals surface area contributed by atoms with E-state index in [-0.39, 0.29) is 5.01 Å². The number of anilines is 1. The monoisotopic (exact) mass is 362 g/mol. The quantitative estimate of drug-likeness (QED) is 0.777. The van der Waals surface area contributed by atoms with Crippen LogP contribution in [0.1, 0.15) is 45.5 Å². The zero-order valence-corrected chi connectivity index (χ0v) is 14.6. The van der Waals surface area contributed by atoms with Gasteiger partial charge in [0.15, 0.2) is 5.69 Å². The van der Waals surface area contributed by atoms with Crippen LogP contribution in [0.25, 0.3) is 0 Å². The first-order chi connectivity index (χ1) is 10.7. The van der Waals surface area contributed by atoms with Gasteiger partial charge >= 0.3 is 6.18 Å². The molecule has 0 aliphatic heterocycles. The number of hydrogen-bond donors (Lipinski definition) is 1. The maximum Gasteiger partial charge on any atom is 0.435 e. The lowest BCUT2D eigenvalue weighted by atomic mass is 10.1. The Morgan fingerprint density at radius 2 is 2.09 bits per heavy atom. The fourth-order valence-corrected chi connectivity index (χ4v) is 3.70. The van der Waals surface area contributed by atoms with Crippen LogP contribution >= 0.6 is 22.7 Å². The number of aryl methyl sites for hydroxylation is 2. The Kier molecular flexibility index (Phi) is 5.46. The van der Waals surface area contributed by atoms with Crippen molar-refractivity contribution in [1.29, 1.82) is 0 Å². The lowest BCUT2D eigenvalue weighted by Gasteiger charge is -2.09. The number of thiophene rings is 1. The van der Waals surface area contributed by atoms with Gasteiger partial charge in [-0.15, -0.1) is 22.7 Å². The molecule has 126 valence electrons. The van der Waals surface area contributed by atoms with E-state index in [4.69, 9.17) is 0 Å². The SMILES string of the molecule is Cc1nc(C(F)(F)F)c(C(=O)Nc2ccsc2CCC(C)C)s1. The van der Waals surface area contributed by atoms with E-state index in [0.29, 0.717) is 11.6 Å². The molecule has 3 nitrogen and oxygen atoms in total. The molecule has 1 amide bonds.